The molecule has 0 heterocycles. The summed E-state index contributed by atoms with van der Waals surface area (Å²) in [4.78, 5) is 0. The number of rotatable bonds is 39. The van der Waals surface area contributed by atoms with Crippen LogP contribution in [0.25, 0.3) is 0 Å². The van der Waals surface area contributed by atoms with Crippen LogP contribution in [0.1, 0.15) is 171 Å². The van der Waals surface area contributed by atoms with E-state index in [-0.39, 0.29) is 25.7 Å². The average Bonchev–Trinajstić information content (AvgIpc) is 3.16. The van der Waals surface area contributed by atoms with Gasteiger partial charge in [0.25, 0.3) is 11.9 Å². The first-order chi connectivity index (χ1) is 27.9. The van der Waals surface area contributed by atoms with Crippen LogP contribution < -0.4 is 0 Å². The Balaban J connectivity index is 5.15. The van der Waals surface area contributed by atoms with Gasteiger partial charge in [-0.1, -0.05) is 90.9 Å². The Hall–Kier alpha value is -1.08. The molecule has 0 bridgehead atoms. The number of ether oxygens (including phenoxy) is 6. The Labute approximate surface area is 350 Å². The van der Waals surface area contributed by atoms with E-state index in [4.69, 9.17) is 28.4 Å². The number of halogens is 12. The molecule has 0 N–H and O–H groups in total. The van der Waals surface area contributed by atoms with Gasteiger partial charge in [-0.3, -0.25) is 0 Å². The molecule has 18 heteroatoms. The monoisotopic (exact) mass is 903 g/mol. The Bertz CT molecular complexity index is 997. The third-order valence-electron chi connectivity index (χ3n) is 10.7. The smallest absolute Gasteiger partial charge is 0.328 e. The fourth-order valence-corrected chi connectivity index (χ4v) is 7.15. The molecule has 0 aliphatic carbocycles. The van der Waals surface area contributed by atoms with E-state index in [9.17, 15) is 52.7 Å². The van der Waals surface area contributed by atoms with Gasteiger partial charge in [0.1, 0.15) is 0 Å². The molecule has 2 atom stereocenters. The molecule has 0 spiro atoms. The van der Waals surface area contributed by atoms with Crippen molar-refractivity contribution in [3.05, 3.63) is 0 Å². The quantitative estimate of drug-likeness (QED) is 0.0348. The van der Waals surface area contributed by atoms with Crippen LogP contribution in [0.4, 0.5) is 52.7 Å². The van der Waals surface area contributed by atoms with Gasteiger partial charge in [-0.2, -0.15) is 52.7 Å². The number of hydrogen-bond donors (Lipinski definition) is 0. The maximum atomic E-state index is 14.9. The second-order valence-electron chi connectivity index (χ2n) is 15.3. The lowest BCUT2D eigenvalue weighted by atomic mass is 9.82. The molecule has 60 heavy (non-hydrogen) atoms. The topological polar surface area (TPSA) is 55.4 Å². The molecule has 0 amide bonds. The van der Waals surface area contributed by atoms with Crippen molar-refractivity contribution in [1.82, 2.24) is 0 Å². The lowest BCUT2D eigenvalue weighted by molar-refractivity contribution is -0.432. The Morgan fingerprint density at radius 2 is 0.500 bits per heavy atom. The molecule has 0 saturated heterocycles. The zero-order valence-corrected chi connectivity index (χ0v) is 37.1. The summed E-state index contributed by atoms with van der Waals surface area (Å²) >= 11 is 0. The van der Waals surface area contributed by atoms with Crippen molar-refractivity contribution in [2.75, 3.05) is 39.6 Å². The Morgan fingerprint density at radius 1 is 0.300 bits per heavy atom. The van der Waals surface area contributed by atoms with Crippen LogP contribution in [-0.4, -0.2) is 87.1 Å². The number of hydrogen-bond acceptors (Lipinski definition) is 6. The zero-order valence-electron chi connectivity index (χ0n) is 37.1. The first-order valence-electron chi connectivity index (χ1n) is 22.0. The van der Waals surface area contributed by atoms with E-state index in [1.54, 1.807) is 41.5 Å². The van der Waals surface area contributed by atoms with Gasteiger partial charge in [-0.15, -0.1) is 0 Å². The fourth-order valence-electron chi connectivity index (χ4n) is 7.15. The predicted molar refractivity (Wildman–Crippen MR) is 206 cm³/mol. The SMILES string of the molecule is CCOC(CCCCCCCCCC(C)C(F)(F)C(F)(F)C(F)(F)C(F)(F)C(F)(F)C(F)(F)C(C)CCCCCCCCCC(OCC)(OCC)OCC)(OCC)OCC. The van der Waals surface area contributed by atoms with Crippen molar-refractivity contribution in [1.29, 1.82) is 0 Å². The summed E-state index contributed by atoms with van der Waals surface area (Å²) < 4.78 is 211. The number of alkyl halides is 12. The van der Waals surface area contributed by atoms with Gasteiger partial charge < -0.3 is 28.4 Å². The number of unbranched alkanes of at least 4 members (excludes halogenated alkanes) is 12. The summed E-state index contributed by atoms with van der Waals surface area (Å²) in [6.07, 6.45) is 5.40. The second kappa shape index (κ2) is 27.3. The second-order valence-corrected chi connectivity index (χ2v) is 15.3. The molecule has 0 radical (unpaired) electrons. The Morgan fingerprint density at radius 3 is 0.717 bits per heavy atom. The van der Waals surface area contributed by atoms with E-state index >= 15 is 0 Å². The van der Waals surface area contributed by atoms with Crippen molar-refractivity contribution in [2.45, 2.75) is 218 Å². The molecule has 0 aliphatic rings. The van der Waals surface area contributed by atoms with Crippen LogP contribution in [0.5, 0.6) is 0 Å². The van der Waals surface area contributed by atoms with Crippen molar-refractivity contribution >= 4 is 0 Å². The van der Waals surface area contributed by atoms with Gasteiger partial charge in [0, 0.05) is 64.3 Å². The molecule has 0 saturated carbocycles. The molecule has 0 rings (SSSR count). The highest BCUT2D eigenvalue weighted by Gasteiger charge is 2.90. The van der Waals surface area contributed by atoms with E-state index < -0.39 is 72.2 Å². The summed E-state index contributed by atoms with van der Waals surface area (Å²) in [5.74, 6) is -48.9. The highest BCUT2D eigenvalue weighted by Crippen LogP contribution is 2.62. The van der Waals surface area contributed by atoms with Crippen molar-refractivity contribution in [2.24, 2.45) is 11.8 Å². The van der Waals surface area contributed by atoms with Crippen LogP contribution in [0.2, 0.25) is 0 Å². The van der Waals surface area contributed by atoms with Crippen LogP contribution in [0.3, 0.4) is 0 Å². The van der Waals surface area contributed by atoms with E-state index in [2.05, 4.69) is 0 Å². The third kappa shape index (κ3) is 15.9. The van der Waals surface area contributed by atoms with Gasteiger partial charge in [0.2, 0.25) is 0 Å². The summed E-state index contributed by atoms with van der Waals surface area (Å²) in [5.41, 5.74) is 0. The van der Waals surface area contributed by atoms with Crippen LogP contribution >= 0.6 is 0 Å². The lowest BCUT2D eigenvalue weighted by Gasteiger charge is -2.43. The van der Waals surface area contributed by atoms with Crippen LogP contribution in [0, 0.1) is 11.8 Å². The fraction of sp³-hybridized carbons (Fsp3) is 1.00. The van der Waals surface area contributed by atoms with E-state index in [1.807, 2.05) is 0 Å². The average molecular weight is 903 g/mol. The van der Waals surface area contributed by atoms with Crippen molar-refractivity contribution < 1.29 is 81.1 Å². The van der Waals surface area contributed by atoms with Crippen molar-refractivity contribution in [3.8, 4) is 0 Å². The predicted octanol–water partition coefficient (Wildman–Crippen LogP) is 14.6. The van der Waals surface area contributed by atoms with Gasteiger partial charge in [-0.05, 0) is 67.2 Å². The maximum absolute atomic E-state index is 14.9. The molecule has 0 aromatic rings. The van der Waals surface area contributed by atoms with Crippen LogP contribution in [0.15, 0.2) is 0 Å². The highest BCUT2D eigenvalue weighted by molar-refractivity contribution is 5.13. The maximum Gasteiger partial charge on any atom is 0.384 e. The minimum Gasteiger partial charge on any atom is -0.328 e. The van der Waals surface area contributed by atoms with Gasteiger partial charge in [0.05, 0.1) is 0 Å². The Kier molecular flexibility index (Phi) is 26.8. The lowest BCUT2D eigenvalue weighted by Crippen LogP contribution is -2.72. The van der Waals surface area contributed by atoms with E-state index in [1.165, 1.54) is 0 Å². The summed E-state index contributed by atoms with van der Waals surface area (Å²) in [6.45, 7) is 13.7. The summed E-state index contributed by atoms with van der Waals surface area (Å²) in [7, 11) is 0. The molecule has 362 valence electrons. The molecular formula is C42H74F12O6. The molecular weight excluding hydrogens is 828 g/mol. The molecule has 6 nitrogen and oxygen atoms in total. The molecule has 0 fully saturated rings. The minimum atomic E-state index is -7.55. The summed E-state index contributed by atoms with van der Waals surface area (Å²) in [6, 6.07) is 0. The summed E-state index contributed by atoms with van der Waals surface area (Å²) in [5, 5.41) is 0. The molecule has 0 aliphatic heterocycles. The molecule has 2 unspecified atom stereocenters. The first kappa shape index (κ1) is 58.9. The third-order valence-corrected chi connectivity index (χ3v) is 10.7. The van der Waals surface area contributed by atoms with Crippen molar-refractivity contribution in [3.63, 3.8) is 0 Å². The van der Waals surface area contributed by atoms with Gasteiger partial charge in [0.15, 0.2) is 0 Å². The highest BCUT2D eigenvalue weighted by atomic mass is 19.4. The molecule has 0 aromatic heterocycles. The van der Waals surface area contributed by atoms with Crippen LogP contribution in [-0.2, 0) is 28.4 Å². The minimum absolute atomic E-state index is 0.194. The largest absolute Gasteiger partial charge is 0.384 e. The first-order valence-corrected chi connectivity index (χ1v) is 22.0. The zero-order chi connectivity index (χ0) is 46.4. The molecule has 0 aromatic carbocycles. The normalized spacial score (nSPS) is 15.2. The standard InChI is InChI=1S/C42H74F12O6/c1-9-55-35(56-10-2,57-11-3)31-27-23-19-15-17-21-25-29-33(7)37(43,44)39(47,48)41(51,52)42(53,54)40(49,50)38(45,46)34(8)30-26-22-18-16-20-24-28-32-36(58-12-4,59-13-5)60-14-6/h33-34H,9-32H2,1-8H3. The van der Waals surface area contributed by atoms with Gasteiger partial charge in [-0.25, -0.2) is 0 Å². The van der Waals surface area contributed by atoms with Gasteiger partial charge >= 0.3 is 35.5 Å². The van der Waals surface area contributed by atoms with E-state index in [0.717, 1.165) is 0 Å². The van der Waals surface area contributed by atoms with E-state index in [0.29, 0.717) is 131 Å².